The molecule has 0 radical (unpaired) electrons. The molecule has 0 aromatic carbocycles. The fourth-order valence-electron chi connectivity index (χ4n) is 2.56. The summed E-state index contributed by atoms with van der Waals surface area (Å²) in [7, 11) is 0. The van der Waals surface area contributed by atoms with E-state index in [1.54, 1.807) is 0 Å². The van der Waals surface area contributed by atoms with Crippen LogP contribution < -0.4 is 11.1 Å². The largest absolute Gasteiger partial charge is 0.396 e. The quantitative estimate of drug-likeness (QED) is 0.824. The Morgan fingerprint density at radius 3 is 2.76 bits per heavy atom. The van der Waals surface area contributed by atoms with Crippen LogP contribution in [0.2, 0.25) is 0 Å². The van der Waals surface area contributed by atoms with Gasteiger partial charge in [0, 0.05) is 12.2 Å². The van der Waals surface area contributed by atoms with Crippen molar-refractivity contribution in [3.05, 3.63) is 17.8 Å². The number of rotatable bonds is 2. The van der Waals surface area contributed by atoms with Crippen molar-refractivity contribution in [1.82, 2.24) is 4.98 Å². The Kier molecular flexibility index (Phi) is 3.55. The average Bonchev–Trinajstić information content (AvgIpc) is 2.30. The van der Waals surface area contributed by atoms with Crippen molar-refractivity contribution in [3.63, 3.8) is 0 Å². The summed E-state index contributed by atoms with van der Waals surface area (Å²) in [6.45, 7) is 6.71. The van der Waals surface area contributed by atoms with E-state index >= 15 is 0 Å². The van der Waals surface area contributed by atoms with E-state index in [9.17, 15) is 0 Å². The lowest BCUT2D eigenvalue weighted by Crippen LogP contribution is -2.31. The first kappa shape index (κ1) is 12.2. The number of aryl methyl sites for hydroxylation is 1. The van der Waals surface area contributed by atoms with Gasteiger partial charge in [0.2, 0.25) is 0 Å². The summed E-state index contributed by atoms with van der Waals surface area (Å²) in [4.78, 5) is 4.34. The standard InChI is InChI=1S/C14H23N3/c1-9-4-5-12(8-11(9)3)17-14-13(15)10(2)6-7-16-14/h6-7,9,11-12H,4-5,8,15H2,1-3H3,(H,16,17). The second-order valence-electron chi connectivity index (χ2n) is 5.50. The van der Waals surface area contributed by atoms with E-state index in [4.69, 9.17) is 5.73 Å². The molecule has 3 nitrogen and oxygen atoms in total. The fourth-order valence-corrected chi connectivity index (χ4v) is 2.56. The van der Waals surface area contributed by atoms with Crippen LogP contribution in [0.3, 0.4) is 0 Å². The maximum Gasteiger partial charge on any atom is 0.149 e. The molecule has 3 unspecified atom stereocenters. The minimum atomic E-state index is 0.526. The molecule has 3 atom stereocenters. The van der Waals surface area contributed by atoms with Gasteiger partial charge in [-0.2, -0.15) is 0 Å². The number of pyridine rings is 1. The average molecular weight is 233 g/mol. The molecule has 0 spiro atoms. The van der Waals surface area contributed by atoms with Gasteiger partial charge in [-0.05, 0) is 49.7 Å². The maximum atomic E-state index is 6.04. The van der Waals surface area contributed by atoms with Crippen molar-refractivity contribution in [2.24, 2.45) is 11.8 Å². The highest BCUT2D eigenvalue weighted by molar-refractivity contribution is 5.65. The van der Waals surface area contributed by atoms with Crippen molar-refractivity contribution >= 4 is 11.5 Å². The molecule has 3 heteroatoms. The van der Waals surface area contributed by atoms with Gasteiger partial charge in [0.25, 0.3) is 0 Å². The van der Waals surface area contributed by atoms with Crippen LogP contribution in [0.4, 0.5) is 11.5 Å². The van der Waals surface area contributed by atoms with Crippen LogP contribution in [0.5, 0.6) is 0 Å². The van der Waals surface area contributed by atoms with E-state index in [1.165, 1.54) is 19.3 Å². The Bertz CT molecular complexity index is 389. The fraction of sp³-hybridized carbons (Fsp3) is 0.643. The zero-order chi connectivity index (χ0) is 12.4. The summed E-state index contributed by atoms with van der Waals surface area (Å²) >= 11 is 0. The molecule has 2 rings (SSSR count). The summed E-state index contributed by atoms with van der Waals surface area (Å²) in [5, 5.41) is 3.50. The third kappa shape index (κ3) is 2.71. The lowest BCUT2D eigenvalue weighted by Gasteiger charge is -2.33. The summed E-state index contributed by atoms with van der Waals surface area (Å²) in [6.07, 6.45) is 5.56. The predicted octanol–water partition coefficient (Wildman–Crippen LogP) is 3.21. The second kappa shape index (κ2) is 4.94. The molecule has 17 heavy (non-hydrogen) atoms. The number of nitrogen functional groups attached to an aromatic ring is 1. The van der Waals surface area contributed by atoms with Gasteiger partial charge in [-0.15, -0.1) is 0 Å². The molecule has 1 aromatic rings. The van der Waals surface area contributed by atoms with Gasteiger partial charge >= 0.3 is 0 Å². The van der Waals surface area contributed by atoms with Crippen LogP contribution in [0.1, 0.15) is 38.7 Å². The van der Waals surface area contributed by atoms with Gasteiger partial charge in [-0.25, -0.2) is 4.98 Å². The van der Waals surface area contributed by atoms with E-state index < -0.39 is 0 Å². The highest BCUT2D eigenvalue weighted by Crippen LogP contribution is 2.31. The maximum absolute atomic E-state index is 6.04. The first-order valence-corrected chi connectivity index (χ1v) is 6.55. The van der Waals surface area contributed by atoms with Crippen molar-refractivity contribution in [2.45, 2.75) is 46.1 Å². The molecule has 0 bridgehead atoms. The van der Waals surface area contributed by atoms with E-state index in [1.807, 2.05) is 19.2 Å². The molecule has 1 heterocycles. The molecular formula is C14H23N3. The predicted molar refractivity (Wildman–Crippen MR) is 73.0 cm³/mol. The lowest BCUT2D eigenvalue weighted by atomic mass is 9.79. The molecule has 1 saturated carbocycles. The van der Waals surface area contributed by atoms with E-state index in [0.29, 0.717) is 6.04 Å². The summed E-state index contributed by atoms with van der Waals surface area (Å²) in [5.74, 6) is 2.49. The van der Waals surface area contributed by atoms with Crippen LogP contribution >= 0.6 is 0 Å². The van der Waals surface area contributed by atoms with Crippen LogP contribution in [-0.4, -0.2) is 11.0 Å². The molecular weight excluding hydrogens is 210 g/mol. The first-order chi connectivity index (χ1) is 8.08. The Morgan fingerprint density at radius 2 is 2.06 bits per heavy atom. The number of nitrogens with zero attached hydrogens (tertiary/aromatic N) is 1. The highest BCUT2D eigenvalue weighted by atomic mass is 15.0. The van der Waals surface area contributed by atoms with E-state index in [0.717, 1.165) is 28.9 Å². The smallest absolute Gasteiger partial charge is 0.149 e. The van der Waals surface area contributed by atoms with Gasteiger partial charge in [-0.3, -0.25) is 0 Å². The molecule has 3 N–H and O–H groups in total. The molecule has 1 fully saturated rings. The number of nitrogens with two attached hydrogens (primary N) is 1. The third-order valence-electron chi connectivity index (χ3n) is 4.15. The molecule has 94 valence electrons. The molecule has 0 saturated heterocycles. The van der Waals surface area contributed by atoms with Gasteiger partial charge in [0.15, 0.2) is 0 Å². The number of nitrogens with one attached hydrogen (secondary N) is 1. The first-order valence-electron chi connectivity index (χ1n) is 6.55. The monoisotopic (exact) mass is 233 g/mol. The number of anilines is 2. The second-order valence-corrected chi connectivity index (χ2v) is 5.50. The van der Waals surface area contributed by atoms with Crippen molar-refractivity contribution in [3.8, 4) is 0 Å². The Hall–Kier alpha value is -1.25. The Morgan fingerprint density at radius 1 is 1.29 bits per heavy atom. The van der Waals surface area contributed by atoms with Crippen molar-refractivity contribution in [1.29, 1.82) is 0 Å². The number of hydrogen-bond acceptors (Lipinski definition) is 3. The van der Waals surface area contributed by atoms with Crippen molar-refractivity contribution in [2.75, 3.05) is 11.1 Å². The topological polar surface area (TPSA) is 50.9 Å². The van der Waals surface area contributed by atoms with Gasteiger partial charge in [0.05, 0.1) is 5.69 Å². The van der Waals surface area contributed by atoms with Crippen LogP contribution in [0.15, 0.2) is 12.3 Å². The minimum absolute atomic E-state index is 0.526. The zero-order valence-corrected chi connectivity index (χ0v) is 11.0. The highest BCUT2D eigenvalue weighted by Gasteiger charge is 2.24. The summed E-state index contributed by atoms with van der Waals surface area (Å²) < 4.78 is 0. The van der Waals surface area contributed by atoms with Crippen LogP contribution in [0, 0.1) is 18.8 Å². The normalized spacial score (nSPS) is 29.0. The molecule has 0 amide bonds. The third-order valence-corrected chi connectivity index (χ3v) is 4.15. The van der Waals surface area contributed by atoms with Gasteiger partial charge < -0.3 is 11.1 Å². The van der Waals surface area contributed by atoms with Crippen molar-refractivity contribution < 1.29 is 0 Å². The van der Waals surface area contributed by atoms with Gasteiger partial charge in [0.1, 0.15) is 5.82 Å². The minimum Gasteiger partial charge on any atom is -0.396 e. The lowest BCUT2D eigenvalue weighted by molar-refractivity contribution is 0.260. The van der Waals surface area contributed by atoms with Crippen LogP contribution in [-0.2, 0) is 0 Å². The van der Waals surface area contributed by atoms with E-state index in [2.05, 4.69) is 24.1 Å². The molecule has 1 aliphatic carbocycles. The molecule has 1 aliphatic rings. The molecule has 0 aliphatic heterocycles. The van der Waals surface area contributed by atoms with E-state index in [-0.39, 0.29) is 0 Å². The summed E-state index contributed by atoms with van der Waals surface area (Å²) in [5.41, 5.74) is 7.92. The number of hydrogen-bond donors (Lipinski definition) is 2. The summed E-state index contributed by atoms with van der Waals surface area (Å²) in [6, 6.07) is 2.48. The Balaban J connectivity index is 2.04. The Labute approximate surface area is 104 Å². The molecule has 1 aromatic heterocycles. The SMILES string of the molecule is Cc1ccnc(NC2CCC(C)C(C)C2)c1N. The zero-order valence-electron chi connectivity index (χ0n) is 11.0. The van der Waals surface area contributed by atoms with Crippen LogP contribution in [0.25, 0.3) is 0 Å². The van der Waals surface area contributed by atoms with Gasteiger partial charge in [-0.1, -0.05) is 13.8 Å². The number of aromatic nitrogens is 1.